The molecule has 0 spiro atoms. The van der Waals surface area contributed by atoms with Crippen LogP contribution in [0.5, 0.6) is 0 Å². The maximum atomic E-state index is 5.54. The molecule has 0 N–H and O–H groups in total. The molecule has 12 heavy (non-hydrogen) atoms. The predicted octanol–water partition coefficient (Wildman–Crippen LogP) is 2.94. The molecule has 2 heterocycles. The molecular formula is C6H3ClN2OS2. The molecule has 0 saturated heterocycles. The summed E-state index contributed by atoms with van der Waals surface area (Å²) in [4.78, 5) is 3.96. The van der Waals surface area contributed by atoms with Crippen LogP contribution in [0.4, 0.5) is 0 Å². The van der Waals surface area contributed by atoms with E-state index >= 15 is 0 Å². The molecule has 62 valence electrons. The molecule has 0 fully saturated rings. The van der Waals surface area contributed by atoms with E-state index in [1.165, 1.54) is 23.3 Å². The van der Waals surface area contributed by atoms with Crippen LogP contribution in [0.1, 0.15) is 0 Å². The van der Waals surface area contributed by atoms with Gasteiger partial charge in [0.15, 0.2) is 9.43 Å². The molecule has 3 nitrogen and oxygen atoms in total. The Bertz CT molecular complexity index is 359. The lowest BCUT2D eigenvalue weighted by molar-refractivity contribution is 0.474. The van der Waals surface area contributed by atoms with Crippen LogP contribution in [0, 0.1) is 0 Å². The van der Waals surface area contributed by atoms with Gasteiger partial charge in [-0.1, -0.05) is 0 Å². The van der Waals surface area contributed by atoms with Crippen molar-refractivity contribution in [2.45, 2.75) is 9.43 Å². The molecule has 0 aromatic carbocycles. The lowest BCUT2D eigenvalue weighted by Crippen LogP contribution is -1.66. The maximum Gasteiger partial charge on any atom is 0.235 e. The summed E-state index contributed by atoms with van der Waals surface area (Å²) in [7, 11) is 0. The zero-order chi connectivity index (χ0) is 8.39. The van der Waals surface area contributed by atoms with E-state index in [1.54, 1.807) is 6.26 Å². The minimum Gasteiger partial charge on any atom is -0.458 e. The first kappa shape index (κ1) is 8.10. The van der Waals surface area contributed by atoms with E-state index in [4.69, 9.17) is 16.0 Å². The van der Waals surface area contributed by atoms with E-state index in [0.717, 1.165) is 9.43 Å². The van der Waals surface area contributed by atoms with Gasteiger partial charge in [-0.3, -0.25) is 0 Å². The van der Waals surface area contributed by atoms with Crippen molar-refractivity contribution in [3.05, 3.63) is 23.7 Å². The van der Waals surface area contributed by atoms with Gasteiger partial charge in [-0.15, -0.1) is 0 Å². The molecule has 0 bridgehead atoms. The van der Waals surface area contributed by atoms with Crippen LogP contribution in [0.25, 0.3) is 0 Å². The highest BCUT2D eigenvalue weighted by Gasteiger charge is 2.04. The molecule has 2 aromatic heterocycles. The van der Waals surface area contributed by atoms with Crippen LogP contribution < -0.4 is 0 Å². The van der Waals surface area contributed by atoms with Gasteiger partial charge in [0, 0.05) is 0 Å². The maximum absolute atomic E-state index is 5.54. The molecule has 0 amide bonds. The molecule has 0 aliphatic rings. The second-order valence-electron chi connectivity index (χ2n) is 1.86. The second kappa shape index (κ2) is 3.47. The molecular weight excluding hydrogens is 216 g/mol. The summed E-state index contributed by atoms with van der Waals surface area (Å²) < 4.78 is 9.72. The number of hydrogen-bond donors (Lipinski definition) is 0. The van der Waals surface area contributed by atoms with Crippen LogP contribution in [0.2, 0.25) is 5.28 Å². The fourth-order valence-corrected chi connectivity index (χ4v) is 2.31. The van der Waals surface area contributed by atoms with Crippen LogP contribution in [0.3, 0.4) is 0 Å². The lowest BCUT2D eigenvalue weighted by Gasteiger charge is -1.86. The first-order chi connectivity index (χ1) is 5.84. The predicted molar refractivity (Wildman–Crippen MR) is 47.8 cm³/mol. The van der Waals surface area contributed by atoms with Gasteiger partial charge in [0.25, 0.3) is 0 Å². The molecule has 0 aliphatic carbocycles. The summed E-state index contributed by atoms with van der Waals surface area (Å²) >= 11 is 8.21. The summed E-state index contributed by atoms with van der Waals surface area (Å²) in [6, 6.07) is 3.69. The Morgan fingerprint density at radius 2 is 2.50 bits per heavy atom. The van der Waals surface area contributed by atoms with Crippen molar-refractivity contribution in [1.82, 2.24) is 9.36 Å². The highest BCUT2D eigenvalue weighted by molar-refractivity contribution is 8.00. The van der Waals surface area contributed by atoms with E-state index in [0.29, 0.717) is 0 Å². The van der Waals surface area contributed by atoms with Crippen molar-refractivity contribution >= 4 is 34.9 Å². The topological polar surface area (TPSA) is 38.9 Å². The molecule has 0 atom stereocenters. The average molecular weight is 219 g/mol. The Labute approximate surface area is 81.9 Å². The van der Waals surface area contributed by atoms with Crippen molar-refractivity contribution in [2.24, 2.45) is 0 Å². The van der Waals surface area contributed by atoms with Crippen LogP contribution in [0.15, 0.2) is 32.2 Å². The van der Waals surface area contributed by atoms with Crippen LogP contribution >= 0.6 is 34.9 Å². The molecule has 0 aliphatic heterocycles. The normalized spacial score (nSPS) is 10.4. The third-order valence-electron chi connectivity index (χ3n) is 1.07. The minimum atomic E-state index is 0.286. The monoisotopic (exact) mass is 218 g/mol. The summed E-state index contributed by atoms with van der Waals surface area (Å²) in [6.07, 6.45) is 1.62. The molecule has 0 unspecified atom stereocenters. The molecule has 2 rings (SSSR count). The van der Waals surface area contributed by atoms with Crippen molar-refractivity contribution in [2.75, 3.05) is 0 Å². The van der Waals surface area contributed by atoms with Crippen LogP contribution in [-0.2, 0) is 0 Å². The van der Waals surface area contributed by atoms with E-state index in [1.807, 2.05) is 12.1 Å². The van der Waals surface area contributed by atoms with Crippen molar-refractivity contribution < 1.29 is 4.42 Å². The molecule has 6 heteroatoms. The Morgan fingerprint density at radius 1 is 1.58 bits per heavy atom. The summed E-state index contributed by atoms with van der Waals surface area (Å²) in [5.74, 6) is 0. The quantitative estimate of drug-likeness (QED) is 0.777. The lowest BCUT2D eigenvalue weighted by atomic mass is 10.7. The van der Waals surface area contributed by atoms with E-state index in [9.17, 15) is 0 Å². The van der Waals surface area contributed by atoms with Gasteiger partial charge in [-0.05, 0) is 47.0 Å². The Morgan fingerprint density at radius 3 is 3.08 bits per heavy atom. The van der Waals surface area contributed by atoms with E-state index < -0.39 is 0 Å². The van der Waals surface area contributed by atoms with Gasteiger partial charge < -0.3 is 4.42 Å². The fraction of sp³-hybridized carbons (Fsp3) is 0. The third-order valence-corrected chi connectivity index (χ3v) is 3.02. The molecule has 0 radical (unpaired) electrons. The minimum absolute atomic E-state index is 0.286. The van der Waals surface area contributed by atoms with Gasteiger partial charge in [-0.25, -0.2) is 0 Å². The first-order valence-corrected chi connectivity index (χ1v) is 5.02. The highest BCUT2D eigenvalue weighted by Crippen LogP contribution is 2.29. The van der Waals surface area contributed by atoms with E-state index in [-0.39, 0.29) is 5.28 Å². The Hall–Kier alpha value is -0.520. The third kappa shape index (κ3) is 1.80. The van der Waals surface area contributed by atoms with Crippen molar-refractivity contribution in [3.63, 3.8) is 0 Å². The summed E-state index contributed by atoms with van der Waals surface area (Å²) in [5, 5.41) is 1.08. The average Bonchev–Trinajstić information content (AvgIpc) is 2.63. The number of hydrogen-bond acceptors (Lipinski definition) is 5. The van der Waals surface area contributed by atoms with E-state index in [2.05, 4.69) is 9.36 Å². The van der Waals surface area contributed by atoms with Crippen molar-refractivity contribution in [1.29, 1.82) is 0 Å². The smallest absolute Gasteiger partial charge is 0.235 e. The molecule has 2 aromatic rings. The molecule has 0 saturated carbocycles. The first-order valence-electron chi connectivity index (χ1n) is 3.05. The number of halogens is 1. The Kier molecular flexibility index (Phi) is 2.34. The van der Waals surface area contributed by atoms with Gasteiger partial charge in [0.2, 0.25) is 5.28 Å². The number of aromatic nitrogens is 2. The van der Waals surface area contributed by atoms with Gasteiger partial charge in [-0.2, -0.15) is 9.36 Å². The summed E-state index contributed by atoms with van der Waals surface area (Å²) in [5.41, 5.74) is 0. The number of nitrogens with zero attached hydrogens (tertiary/aromatic N) is 2. The zero-order valence-electron chi connectivity index (χ0n) is 5.73. The largest absolute Gasteiger partial charge is 0.458 e. The SMILES string of the molecule is Clc1nsc(Sc2ccco2)n1. The van der Waals surface area contributed by atoms with Crippen LogP contribution in [-0.4, -0.2) is 9.36 Å². The fourth-order valence-electron chi connectivity index (χ4n) is 0.642. The number of rotatable bonds is 2. The standard InChI is InChI=1S/C6H3ClN2OS2/c7-5-8-6(12-9-5)11-4-2-1-3-10-4/h1-3H. The number of furan rings is 1. The Balaban J connectivity index is 2.14. The van der Waals surface area contributed by atoms with Gasteiger partial charge >= 0.3 is 0 Å². The second-order valence-corrected chi connectivity index (χ2v) is 4.20. The zero-order valence-corrected chi connectivity index (χ0v) is 8.12. The highest BCUT2D eigenvalue weighted by atomic mass is 35.5. The van der Waals surface area contributed by atoms with Gasteiger partial charge in [0.05, 0.1) is 6.26 Å². The van der Waals surface area contributed by atoms with Crippen molar-refractivity contribution in [3.8, 4) is 0 Å². The van der Waals surface area contributed by atoms with Gasteiger partial charge in [0.1, 0.15) is 0 Å². The summed E-state index contributed by atoms with van der Waals surface area (Å²) in [6.45, 7) is 0.